The molecule has 36 heavy (non-hydrogen) atoms. The normalized spacial score (nSPS) is 11.9. The fourth-order valence-corrected chi connectivity index (χ4v) is 5.34. The number of benzene rings is 3. The molecule has 3 nitrogen and oxygen atoms in total. The van der Waals surface area contributed by atoms with Crippen LogP contribution in [0.4, 0.5) is 18.9 Å². The van der Waals surface area contributed by atoms with E-state index in [1.807, 2.05) is 18.2 Å². The number of alkyl halides is 3. The van der Waals surface area contributed by atoms with E-state index in [2.05, 4.69) is 70.1 Å². The fourth-order valence-electron chi connectivity index (χ4n) is 3.92. The van der Waals surface area contributed by atoms with E-state index < -0.39 is 11.7 Å². The van der Waals surface area contributed by atoms with Crippen molar-refractivity contribution in [2.45, 2.75) is 45.3 Å². The zero-order valence-electron chi connectivity index (χ0n) is 20.6. The largest absolute Gasteiger partial charge is 0.416 e. The van der Waals surface area contributed by atoms with Gasteiger partial charge in [-0.2, -0.15) is 13.2 Å². The molecular weight excluding hydrogens is 597 g/mol. The Morgan fingerprint density at radius 2 is 1.58 bits per heavy atom. The Morgan fingerprint density at radius 3 is 2.17 bits per heavy atom. The fraction of sp³-hybridized carbons (Fsp3) is 0.321. The summed E-state index contributed by atoms with van der Waals surface area (Å²) in [7, 11) is 1.74. The summed E-state index contributed by atoms with van der Waals surface area (Å²) < 4.78 is 41.1. The number of nitrogens with zero attached hydrogens (tertiary/aromatic N) is 1. The second kappa shape index (κ2) is 11.4. The maximum absolute atomic E-state index is 13.8. The molecule has 0 unspecified atom stereocenters. The molecule has 8 heteroatoms. The zero-order chi connectivity index (χ0) is 26.7. The lowest BCUT2D eigenvalue weighted by molar-refractivity contribution is -0.137. The molecule has 0 bridgehead atoms. The molecule has 3 aromatic carbocycles. The number of anilines is 1. The molecule has 0 radical (unpaired) electrons. The van der Waals surface area contributed by atoms with Gasteiger partial charge in [-0.15, -0.1) is 0 Å². The molecule has 3 rings (SSSR count). The molecule has 192 valence electrons. The number of amides is 1. The average Bonchev–Trinajstić information content (AvgIpc) is 2.80. The van der Waals surface area contributed by atoms with Gasteiger partial charge in [-0.25, -0.2) is 0 Å². The Labute approximate surface area is 227 Å². The quantitative estimate of drug-likeness (QED) is 0.286. The first-order valence-corrected chi connectivity index (χ1v) is 13.1. The Morgan fingerprint density at radius 1 is 0.917 bits per heavy atom. The highest BCUT2D eigenvalue weighted by atomic mass is 79.9. The van der Waals surface area contributed by atoms with Crippen LogP contribution in [0.25, 0.3) is 0 Å². The van der Waals surface area contributed by atoms with Gasteiger partial charge in [-0.1, -0.05) is 79.2 Å². The van der Waals surface area contributed by atoms with Gasteiger partial charge in [-0.05, 0) is 62.7 Å². The van der Waals surface area contributed by atoms with Gasteiger partial charge in [0.25, 0.3) is 5.91 Å². The molecule has 0 aliphatic rings. The Balaban J connectivity index is 1.93. The third-order valence-electron chi connectivity index (χ3n) is 5.94. The molecule has 0 aromatic heterocycles. The number of nitrogens with one attached hydrogen (secondary N) is 1. The van der Waals surface area contributed by atoms with Crippen LogP contribution in [0, 0.1) is 0 Å². The van der Waals surface area contributed by atoms with Crippen LogP contribution in [0.2, 0.25) is 0 Å². The van der Waals surface area contributed by atoms with Gasteiger partial charge in [-0.3, -0.25) is 4.79 Å². The van der Waals surface area contributed by atoms with E-state index in [1.165, 1.54) is 11.6 Å². The maximum Gasteiger partial charge on any atom is 0.416 e. The monoisotopic (exact) mass is 624 g/mol. The van der Waals surface area contributed by atoms with E-state index in [4.69, 9.17) is 0 Å². The van der Waals surface area contributed by atoms with Gasteiger partial charge >= 0.3 is 6.18 Å². The smallest absolute Gasteiger partial charge is 0.387 e. The lowest BCUT2D eigenvalue weighted by Crippen LogP contribution is -2.33. The molecule has 0 saturated heterocycles. The minimum Gasteiger partial charge on any atom is -0.387 e. The van der Waals surface area contributed by atoms with Crippen molar-refractivity contribution in [1.29, 1.82) is 0 Å². The first kappa shape index (κ1) is 28.3. The van der Waals surface area contributed by atoms with Crippen LogP contribution in [-0.2, 0) is 24.6 Å². The maximum atomic E-state index is 13.8. The molecule has 0 heterocycles. The van der Waals surface area contributed by atoms with Crippen molar-refractivity contribution in [2.24, 2.45) is 0 Å². The van der Waals surface area contributed by atoms with Crippen molar-refractivity contribution >= 4 is 43.5 Å². The van der Waals surface area contributed by atoms with E-state index in [0.29, 0.717) is 29.8 Å². The van der Waals surface area contributed by atoms with Gasteiger partial charge in [0.2, 0.25) is 0 Å². The van der Waals surface area contributed by atoms with Crippen molar-refractivity contribution < 1.29 is 18.0 Å². The van der Waals surface area contributed by atoms with Crippen molar-refractivity contribution in [2.75, 3.05) is 18.9 Å². The average molecular weight is 626 g/mol. The van der Waals surface area contributed by atoms with Gasteiger partial charge in [0.1, 0.15) is 0 Å². The SMILES string of the molecule is CNc1c(Br)cc(Br)cc1C(=O)N(CCc1cccc(C(F)(F)F)c1)Cc1ccc(C(C)(C)C)cc1. The van der Waals surface area contributed by atoms with E-state index >= 15 is 0 Å². The van der Waals surface area contributed by atoms with Gasteiger partial charge in [0.15, 0.2) is 0 Å². The zero-order valence-corrected chi connectivity index (χ0v) is 23.8. The van der Waals surface area contributed by atoms with Gasteiger partial charge in [0.05, 0.1) is 16.8 Å². The van der Waals surface area contributed by atoms with E-state index in [9.17, 15) is 18.0 Å². The minimum atomic E-state index is -4.41. The van der Waals surface area contributed by atoms with Crippen molar-refractivity contribution in [3.8, 4) is 0 Å². The summed E-state index contributed by atoms with van der Waals surface area (Å²) in [5.41, 5.74) is 3.08. The summed E-state index contributed by atoms with van der Waals surface area (Å²) in [6, 6.07) is 17.0. The molecule has 1 amide bonds. The Kier molecular flexibility index (Phi) is 8.93. The molecule has 0 fully saturated rings. The van der Waals surface area contributed by atoms with Crippen molar-refractivity contribution in [3.63, 3.8) is 0 Å². The number of halogens is 5. The molecule has 0 aliphatic carbocycles. The first-order chi connectivity index (χ1) is 16.8. The topological polar surface area (TPSA) is 32.3 Å². The highest BCUT2D eigenvalue weighted by molar-refractivity contribution is 9.11. The predicted molar refractivity (Wildman–Crippen MR) is 146 cm³/mol. The summed E-state index contributed by atoms with van der Waals surface area (Å²) in [6.45, 7) is 7.00. The lowest BCUT2D eigenvalue weighted by atomic mass is 9.87. The van der Waals surface area contributed by atoms with Crippen LogP contribution in [0.5, 0.6) is 0 Å². The second-order valence-corrected chi connectivity index (χ2v) is 11.5. The number of carbonyl (C=O) groups is 1. The minimum absolute atomic E-state index is 0.00181. The summed E-state index contributed by atoms with van der Waals surface area (Å²) in [4.78, 5) is 15.5. The van der Waals surface area contributed by atoms with Crippen molar-refractivity contribution in [1.82, 2.24) is 4.90 Å². The number of carbonyl (C=O) groups excluding carboxylic acids is 1. The standard InChI is InChI=1S/C28H29Br2F3N2O/c1-27(2,3)20-10-8-19(9-11-20)17-35(13-12-18-6-5-7-21(14-18)28(31,32)33)26(36)23-15-22(29)16-24(30)25(23)34-4/h5-11,14-16,34H,12-13,17H2,1-4H3. The van der Waals surface area contributed by atoms with E-state index in [0.717, 1.165) is 26.6 Å². The number of hydrogen-bond donors (Lipinski definition) is 1. The van der Waals surface area contributed by atoms with Gasteiger partial charge in [0, 0.05) is 29.1 Å². The first-order valence-electron chi connectivity index (χ1n) is 11.5. The highest BCUT2D eigenvalue weighted by Gasteiger charge is 2.30. The van der Waals surface area contributed by atoms with Crippen LogP contribution in [0.3, 0.4) is 0 Å². The van der Waals surface area contributed by atoms with Gasteiger partial charge < -0.3 is 10.2 Å². The third kappa shape index (κ3) is 7.13. The summed E-state index contributed by atoms with van der Waals surface area (Å²) >= 11 is 6.96. The lowest BCUT2D eigenvalue weighted by Gasteiger charge is -2.26. The Bertz CT molecular complexity index is 1220. The molecular formula is C28H29Br2F3N2O. The van der Waals surface area contributed by atoms with Crippen LogP contribution in [0.15, 0.2) is 69.6 Å². The van der Waals surface area contributed by atoms with Crippen molar-refractivity contribution in [3.05, 3.63) is 97.4 Å². The summed E-state index contributed by atoms with van der Waals surface area (Å²) in [5, 5.41) is 3.07. The predicted octanol–water partition coefficient (Wildman–Crippen LogP) is 8.45. The number of rotatable bonds is 7. The highest BCUT2D eigenvalue weighted by Crippen LogP contribution is 2.32. The molecule has 0 saturated carbocycles. The van der Waals surface area contributed by atoms with E-state index in [1.54, 1.807) is 24.1 Å². The number of hydrogen-bond acceptors (Lipinski definition) is 2. The molecule has 0 spiro atoms. The molecule has 3 aromatic rings. The van der Waals surface area contributed by atoms with Crippen LogP contribution in [-0.4, -0.2) is 24.4 Å². The summed E-state index contributed by atoms with van der Waals surface area (Å²) in [5.74, 6) is -0.215. The van der Waals surface area contributed by atoms with E-state index in [-0.39, 0.29) is 17.9 Å². The van der Waals surface area contributed by atoms with Crippen LogP contribution in [0.1, 0.15) is 53.4 Å². The second-order valence-electron chi connectivity index (χ2n) is 9.68. The van der Waals surface area contributed by atoms with Crippen LogP contribution >= 0.6 is 31.9 Å². The molecule has 0 atom stereocenters. The van der Waals surface area contributed by atoms with Crippen LogP contribution < -0.4 is 5.32 Å². The third-order valence-corrected chi connectivity index (χ3v) is 7.02. The molecule has 0 aliphatic heterocycles. The molecule has 1 N–H and O–H groups in total. The summed E-state index contributed by atoms with van der Waals surface area (Å²) in [6.07, 6.45) is -4.12. The Hall–Kier alpha value is -2.32.